The quantitative estimate of drug-likeness (QED) is 0.602. The maximum absolute atomic E-state index is 12.9. The molecule has 1 heterocycles. The van der Waals surface area contributed by atoms with E-state index in [1.807, 2.05) is 0 Å². The van der Waals surface area contributed by atoms with Gasteiger partial charge in [-0.05, 0) is 31.0 Å². The van der Waals surface area contributed by atoms with Gasteiger partial charge < -0.3 is 15.6 Å². The molecule has 1 aromatic rings. The Labute approximate surface area is 157 Å². The first-order valence-corrected chi connectivity index (χ1v) is 9.04. The molecule has 1 aliphatic heterocycles. The number of hydrogen-bond donors (Lipinski definition) is 2. The first-order valence-electron chi connectivity index (χ1n) is 9.04. The summed E-state index contributed by atoms with van der Waals surface area (Å²) in [6.07, 6.45) is 4.28. The van der Waals surface area contributed by atoms with Crippen molar-refractivity contribution in [3.8, 4) is 5.75 Å². The lowest BCUT2D eigenvalue weighted by atomic mass is 9.88. The number of nitrogens with zero attached hydrogens (tertiary/aromatic N) is 2. The Kier molecular flexibility index (Phi) is 5.43. The van der Waals surface area contributed by atoms with Crippen LogP contribution in [0.25, 0.3) is 0 Å². The van der Waals surface area contributed by atoms with Gasteiger partial charge in [0.15, 0.2) is 6.04 Å². The number of ketones is 1. The van der Waals surface area contributed by atoms with Gasteiger partial charge in [-0.1, -0.05) is 19.3 Å². The summed E-state index contributed by atoms with van der Waals surface area (Å²) in [5.74, 6) is -1.76. The Balaban J connectivity index is 1.88. The Bertz CT molecular complexity index is 799. The average Bonchev–Trinajstić information content (AvgIpc) is 3.13. The number of nitrogen functional groups attached to an aromatic ring is 1. The lowest BCUT2D eigenvalue weighted by molar-refractivity contribution is -0.151. The molecule has 3 N–H and O–H groups in total. The van der Waals surface area contributed by atoms with Gasteiger partial charge in [0.25, 0.3) is 0 Å². The number of hydrogen-bond acceptors (Lipinski definition) is 6. The van der Waals surface area contributed by atoms with Crippen LogP contribution < -0.4 is 10.5 Å². The van der Waals surface area contributed by atoms with Crippen LogP contribution in [0.2, 0.25) is 0 Å². The van der Waals surface area contributed by atoms with Gasteiger partial charge in [0.1, 0.15) is 11.5 Å². The molecule has 0 bridgehead atoms. The van der Waals surface area contributed by atoms with Crippen molar-refractivity contribution in [1.29, 1.82) is 0 Å². The van der Waals surface area contributed by atoms with Crippen LogP contribution in [0.1, 0.15) is 48.9 Å². The molecule has 1 aliphatic carbocycles. The molecule has 8 heteroatoms. The van der Waals surface area contributed by atoms with Crippen LogP contribution in [0.4, 0.5) is 5.69 Å². The van der Waals surface area contributed by atoms with Gasteiger partial charge in [-0.25, -0.2) is 9.80 Å². The number of benzene rings is 1. The maximum Gasteiger partial charge on any atom is 0.329 e. The molecule has 0 radical (unpaired) electrons. The Morgan fingerprint density at radius 3 is 2.56 bits per heavy atom. The average molecular weight is 373 g/mol. The highest BCUT2D eigenvalue weighted by Crippen LogP contribution is 2.30. The van der Waals surface area contributed by atoms with E-state index in [4.69, 9.17) is 10.5 Å². The van der Waals surface area contributed by atoms with Gasteiger partial charge >= 0.3 is 5.97 Å². The van der Waals surface area contributed by atoms with Crippen LogP contribution in [-0.4, -0.2) is 46.6 Å². The largest absolute Gasteiger partial charge is 0.497 e. The van der Waals surface area contributed by atoms with Crippen LogP contribution in [0.5, 0.6) is 5.75 Å². The molecular formula is C19H23N3O5. The minimum absolute atomic E-state index is 0.0199. The lowest BCUT2D eigenvalue weighted by Gasteiger charge is -2.26. The number of methoxy groups -OCH3 is 1. The van der Waals surface area contributed by atoms with E-state index in [-0.39, 0.29) is 35.2 Å². The van der Waals surface area contributed by atoms with Crippen molar-refractivity contribution in [2.75, 3.05) is 12.8 Å². The van der Waals surface area contributed by atoms with Crippen molar-refractivity contribution >= 4 is 29.1 Å². The summed E-state index contributed by atoms with van der Waals surface area (Å²) in [5, 5.41) is 14.6. The fourth-order valence-electron chi connectivity index (χ4n) is 3.59. The number of carboxylic acid groups (broad SMARTS) is 1. The number of Topliss-reactive ketones (excluding diaryl/α,β-unsaturated/α-hetero) is 1. The molecule has 1 atom stereocenters. The van der Waals surface area contributed by atoms with E-state index in [0.717, 1.165) is 37.1 Å². The topological polar surface area (TPSA) is 122 Å². The Morgan fingerprint density at radius 2 is 1.93 bits per heavy atom. The van der Waals surface area contributed by atoms with Gasteiger partial charge in [-0.2, -0.15) is 5.10 Å². The molecule has 144 valence electrons. The molecule has 8 nitrogen and oxygen atoms in total. The number of anilines is 1. The molecule has 1 aromatic carbocycles. The molecule has 3 rings (SSSR count). The Hall–Kier alpha value is -2.90. The highest BCUT2D eigenvalue weighted by atomic mass is 16.5. The van der Waals surface area contributed by atoms with E-state index in [1.54, 1.807) is 12.1 Å². The zero-order valence-corrected chi connectivity index (χ0v) is 15.2. The number of rotatable bonds is 5. The number of carbonyl (C=O) groups excluding carboxylic acids is 2. The molecule has 2 aliphatic rings. The van der Waals surface area contributed by atoms with Crippen molar-refractivity contribution in [1.82, 2.24) is 5.01 Å². The molecule has 0 aromatic heterocycles. The molecule has 1 amide bonds. The molecule has 27 heavy (non-hydrogen) atoms. The Morgan fingerprint density at radius 1 is 1.22 bits per heavy atom. The summed E-state index contributed by atoms with van der Waals surface area (Å²) in [7, 11) is 1.47. The number of amides is 1. The van der Waals surface area contributed by atoms with Crippen LogP contribution in [0.3, 0.4) is 0 Å². The molecular weight excluding hydrogens is 350 g/mol. The summed E-state index contributed by atoms with van der Waals surface area (Å²) in [6.45, 7) is 0. The fraction of sp³-hybridized carbons (Fsp3) is 0.474. The molecule has 1 saturated carbocycles. The third-order valence-corrected chi connectivity index (χ3v) is 5.14. The van der Waals surface area contributed by atoms with E-state index in [2.05, 4.69) is 5.10 Å². The number of ether oxygens (including phenoxy) is 1. The third-order valence-electron chi connectivity index (χ3n) is 5.14. The highest BCUT2D eigenvalue weighted by molar-refractivity contribution is 6.47. The second-order valence-corrected chi connectivity index (χ2v) is 6.90. The monoisotopic (exact) mass is 373 g/mol. The molecule has 1 fully saturated rings. The summed E-state index contributed by atoms with van der Waals surface area (Å²) in [4.78, 5) is 37.3. The van der Waals surface area contributed by atoms with Gasteiger partial charge in [0.2, 0.25) is 11.7 Å². The van der Waals surface area contributed by atoms with Gasteiger partial charge in [-0.3, -0.25) is 9.59 Å². The van der Waals surface area contributed by atoms with E-state index in [1.165, 1.54) is 13.2 Å². The van der Waals surface area contributed by atoms with Crippen LogP contribution >= 0.6 is 0 Å². The maximum atomic E-state index is 12.9. The lowest BCUT2D eigenvalue weighted by Crippen LogP contribution is -2.42. The first-order chi connectivity index (χ1) is 12.9. The van der Waals surface area contributed by atoms with E-state index >= 15 is 0 Å². The van der Waals surface area contributed by atoms with Crippen LogP contribution in [0.15, 0.2) is 23.3 Å². The second kappa shape index (κ2) is 7.77. The third kappa shape index (κ3) is 3.79. The zero-order valence-electron chi connectivity index (χ0n) is 15.2. The van der Waals surface area contributed by atoms with Crippen molar-refractivity contribution < 1.29 is 24.2 Å². The zero-order chi connectivity index (χ0) is 19.6. The highest BCUT2D eigenvalue weighted by Gasteiger charge is 2.41. The number of nitrogens with two attached hydrogens (primary N) is 1. The van der Waals surface area contributed by atoms with E-state index in [9.17, 15) is 19.5 Å². The summed E-state index contributed by atoms with van der Waals surface area (Å²) in [5.41, 5.74) is 6.34. The summed E-state index contributed by atoms with van der Waals surface area (Å²) >= 11 is 0. The van der Waals surface area contributed by atoms with E-state index in [0.29, 0.717) is 5.75 Å². The minimum atomic E-state index is -1.18. The van der Waals surface area contributed by atoms with Crippen molar-refractivity contribution in [2.24, 2.45) is 11.0 Å². The number of hydrazone groups is 1. The van der Waals surface area contributed by atoms with Gasteiger partial charge in [0, 0.05) is 18.0 Å². The minimum Gasteiger partial charge on any atom is -0.497 e. The van der Waals surface area contributed by atoms with Crippen LogP contribution in [-0.2, 0) is 9.59 Å². The van der Waals surface area contributed by atoms with Crippen molar-refractivity contribution in [3.63, 3.8) is 0 Å². The molecule has 0 spiro atoms. The second-order valence-electron chi connectivity index (χ2n) is 6.90. The molecule has 0 saturated heterocycles. The van der Waals surface area contributed by atoms with Gasteiger partial charge in [0.05, 0.1) is 12.7 Å². The van der Waals surface area contributed by atoms with Crippen molar-refractivity contribution in [2.45, 2.75) is 44.6 Å². The molecule has 1 unspecified atom stereocenters. The van der Waals surface area contributed by atoms with E-state index < -0.39 is 17.8 Å². The number of carbonyl (C=O) groups is 3. The predicted octanol–water partition coefficient (Wildman–Crippen LogP) is 2.08. The van der Waals surface area contributed by atoms with Crippen molar-refractivity contribution in [3.05, 3.63) is 23.8 Å². The number of carboxylic acids is 1. The predicted molar refractivity (Wildman–Crippen MR) is 98.6 cm³/mol. The van der Waals surface area contributed by atoms with Crippen LogP contribution in [0, 0.1) is 5.92 Å². The SMILES string of the molecule is COc1ccc(N)c(C(=O)C2=NN(C(=O)C3CCCCC3)C(C(=O)O)C2)c1. The summed E-state index contributed by atoms with van der Waals surface area (Å²) in [6, 6.07) is 3.50. The van der Waals surface area contributed by atoms with Gasteiger partial charge in [-0.15, -0.1) is 0 Å². The smallest absolute Gasteiger partial charge is 0.329 e. The number of aliphatic carboxylic acids is 1. The first kappa shape index (κ1) is 18.9. The fourth-order valence-corrected chi connectivity index (χ4v) is 3.59. The normalized spacial score (nSPS) is 20.3. The standard InChI is InChI=1S/C19H23N3O5/c1-27-12-7-8-14(20)13(9-12)17(23)15-10-16(19(25)26)22(21-15)18(24)11-5-3-2-4-6-11/h7-9,11,16H,2-6,10,20H2,1H3,(H,25,26). The summed E-state index contributed by atoms with van der Waals surface area (Å²) < 4.78 is 5.11.